The summed E-state index contributed by atoms with van der Waals surface area (Å²) >= 11 is 5.64. The van der Waals surface area contributed by atoms with Crippen molar-refractivity contribution in [1.82, 2.24) is 9.88 Å². The summed E-state index contributed by atoms with van der Waals surface area (Å²) in [5.41, 5.74) is -0.00487. The molecule has 1 aromatic rings. The number of nitrogens with zero attached hydrogens (tertiary/aromatic N) is 1. The lowest BCUT2D eigenvalue weighted by molar-refractivity contribution is 0.0750. The minimum atomic E-state index is -0.284. The molecule has 0 bridgehead atoms. The molecule has 82 valence electrons. The van der Waals surface area contributed by atoms with Crippen molar-refractivity contribution in [2.24, 2.45) is 0 Å². The molecule has 0 spiro atoms. The molecule has 0 radical (unpaired) electrons. The molecule has 0 aliphatic rings. The molecule has 1 rings (SSSR count). The van der Waals surface area contributed by atoms with E-state index in [-0.39, 0.29) is 23.2 Å². The van der Waals surface area contributed by atoms with Gasteiger partial charge in [0.15, 0.2) is 0 Å². The van der Waals surface area contributed by atoms with Gasteiger partial charge >= 0.3 is 0 Å². The number of aromatic nitrogens is 1. The average molecular weight is 229 g/mol. The molecule has 0 saturated heterocycles. The van der Waals surface area contributed by atoms with Gasteiger partial charge in [0, 0.05) is 25.0 Å². The number of hydrogen-bond acceptors (Lipinski definition) is 2. The number of carbonyl (C=O) groups excluding carboxylic acids is 1. The lowest BCUT2D eigenvalue weighted by Gasteiger charge is -2.22. The Kier molecular flexibility index (Phi) is 3.91. The second-order valence-electron chi connectivity index (χ2n) is 3.35. The van der Waals surface area contributed by atoms with E-state index in [1.165, 1.54) is 11.0 Å². The van der Waals surface area contributed by atoms with Crippen LogP contribution in [0.4, 0.5) is 0 Å². The molecule has 1 atom stereocenters. The number of aromatic amines is 1. The Labute approximate surface area is 92.9 Å². The first-order valence-electron chi connectivity index (χ1n) is 4.58. The smallest absolute Gasteiger partial charge is 0.270 e. The maximum Gasteiger partial charge on any atom is 0.270 e. The van der Waals surface area contributed by atoms with Gasteiger partial charge in [-0.05, 0) is 13.0 Å². The van der Waals surface area contributed by atoms with Gasteiger partial charge in [-0.25, -0.2) is 0 Å². The SMILES string of the molecule is CC(CCl)N(C)C(=O)c1cccc(=O)[nH]1. The highest BCUT2D eigenvalue weighted by atomic mass is 35.5. The van der Waals surface area contributed by atoms with Gasteiger partial charge in [0.25, 0.3) is 5.91 Å². The van der Waals surface area contributed by atoms with E-state index in [0.717, 1.165) is 0 Å². The van der Waals surface area contributed by atoms with Crippen LogP contribution in [-0.4, -0.2) is 34.8 Å². The summed E-state index contributed by atoms with van der Waals surface area (Å²) in [6.07, 6.45) is 0. The Morgan fingerprint density at radius 1 is 1.60 bits per heavy atom. The highest BCUT2D eigenvalue weighted by molar-refractivity contribution is 6.18. The van der Waals surface area contributed by atoms with Gasteiger partial charge in [-0.3, -0.25) is 9.59 Å². The van der Waals surface area contributed by atoms with Crippen molar-refractivity contribution in [2.75, 3.05) is 12.9 Å². The lowest BCUT2D eigenvalue weighted by atomic mass is 10.2. The number of alkyl halides is 1. The van der Waals surface area contributed by atoms with Crippen molar-refractivity contribution in [3.05, 3.63) is 34.2 Å². The topological polar surface area (TPSA) is 53.2 Å². The third kappa shape index (κ3) is 2.83. The molecule has 0 aliphatic carbocycles. The van der Waals surface area contributed by atoms with Gasteiger partial charge in [-0.2, -0.15) is 0 Å². The maximum absolute atomic E-state index is 11.8. The zero-order valence-corrected chi connectivity index (χ0v) is 9.41. The molecular weight excluding hydrogens is 216 g/mol. The van der Waals surface area contributed by atoms with Crippen molar-refractivity contribution in [3.8, 4) is 0 Å². The van der Waals surface area contributed by atoms with E-state index in [2.05, 4.69) is 4.98 Å². The van der Waals surface area contributed by atoms with Crippen LogP contribution >= 0.6 is 11.6 Å². The van der Waals surface area contributed by atoms with E-state index in [1.807, 2.05) is 6.92 Å². The lowest BCUT2D eigenvalue weighted by Crippen LogP contribution is -2.37. The number of nitrogens with one attached hydrogen (secondary N) is 1. The number of halogens is 1. The van der Waals surface area contributed by atoms with Crippen LogP contribution in [0.5, 0.6) is 0 Å². The second kappa shape index (κ2) is 4.98. The van der Waals surface area contributed by atoms with Gasteiger partial charge in [0.05, 0.1) is 0 Å². The van der Waals surface area contributed by atoms with Crippen molar-refractivity contribution >= 4 is 17.5 Å². The Hall–Kier alpha value is -1.29. The van der Waals surface area contributed by atoms with Gasteiger partial charge < -0.3 is 9.88 Å². The number of rotatable bonds is 3. The van der Waals surface area contributed by atoms with E-state index in [4.69, 9.17) is 11.6 Å². The molecule has 15 heavy (non-hydrogen) atoms. The van der Waals surface area contributed by atoms with Crippen molar-refractivity contribution in [2.45, 2.75) is 13.0 Å². The van der Waals surface area contributed by atoms with E-state index >= 15 is 0 Å². The monoisotopic (exact) mass is 228 g/mol. The molecule has 1 N–H and O–H groups in total. The van der Waals surface area contributed by atoms with Gasteiger partial charge in [0.2, 0.25) is 5.56 Å². The van der Waals surface area contributed by atoms with Gasteiger partial charge in [0.1, 0.15) is 5.69 Å². The fraction of sp³-hybridized carbons (Fsp3) is 0.400. The van der Waals surface area contributed by atoms with Gasteiger partial charge in [-0.15, -0.1) is 11.6 Å². The van der Waals surface area contributed by atoms with Crippen molar-refractivity contribution in [1.29, 1.82) is 0 Å². The molecule has 0 aromatic carbocycles. The summed E-state index contributed by atoms with van der Waals surface area (Å²) in [4.78, 5) is 26.8. The molecule has 0 aliphatic heterocycles. The Morgan fingerprint density at radius 3 is 2.80 bits per heavy atom. The minimum absolute atomic E-state index is 0.0668. The molecule has 5 heteroatoms. The summed E-state index contributed by atoms with van der Waals surface area (Å²) in [7, 11) is 1.65. The molecule has 1 amide bonds. The van der Waals surface area contributed by atoms with E-state index < -0.39 is 0 Å². The van der Waals surface area contributed by atoms with Crippen LogP contribution in [0.1, 0.15) is 17.4 Å². The third-order valence-corrected chi connectivity index (χ3v) is 2.65. The summed E-state index contributed by atoms with van der Waals surface area (Å²) in [6.45, 7) is 1.84. The fourth-order valence-electron chi connectivity index (χ4n) is 1.07. The second-order valence-corrected chi connectivity index (χ2v) is 3.66. The van der Waals surface area contributed by atoms with Crippen molar-refractivity contribution in [3.63, 3.8) is 0 Å². The van der Waals surface area contributed by atoms with Crippen LogP contribution in [0.3, 0.4) is 0 Å². The summed E-state index contributed by atoms with van der Waals surface area (Å²) in [6, 6.07) is 4.41. The highest BCUT2D eigenvalue weighted by Gasteiger charge is 2.16. The van der Waals surface area contributed by atoms with E-state index in [0.29, 0.717) is 5.88 Å². The number of carbonyl (C=O) groups is 1. The number of amides is 1. The summed E-state index contributed by atoms with van der Waals surface area (Å²) in [5, 5.41) is 0. The van der Waals surface area contributed by atoms with E-state index in [1.54, 1.807) is 19.2 Å². The molecule has 1 heterocycles. The quantitative estimate of drug-likeness (QED) is 0.787. The first-order chi connectivity index (χ1) is 7.06. The maximum atomic E-state index is 11.8. The number of H-pyrrole nitrogens is 1. The first kappa shape index (κ1) is 11.8. The Bertz CT molecular complexity index is 402. The minimum Gasteiger partial charge on any atom is -0.337 e. The summed E-state index contributed by atoms with van der Waals surface area (Å²) < 4.78 is 0. The molecule has 4 nitrogen and oxygen atoms in total. The van der Waals surface area contributed by atoms with Crippen LogP contribution in [0.25, 0.3) is 0 Å². The zero-order valence-electron chi connectivity index (χ0n) is 8.66. The number of hydrogen-bond donors (Lipinski definition) is 1. The molecular formula is C10H13ClN2O2. The first-order valence-corrected chi connectivity index (χ1v) is 5.12. The molecule has 1 aromatic heterocycles. The number of pyridine rings is 1. The van der Waals surface area contributed by atoms with E-state index in [9.17, 15) is 9.59 Å². The zero-order chi connectivity index (χ0) is 11.4. The molecule has 0 fully saturated rings. The molecule has 1 unspecified atom stereocenters. The molecule has 0 saturated carbocycles. The standard InChI is InChI=1S/C10H13ClN2O2/c1-7(6-11)13(2)10(15)8-4-3-5-9(14)12-8/h3-5,7H,6H2,1-2H3,(H,12,14). The van der Waals surface area contributed by atoms with Gasteiger partial charge in [-0.1, -0.05) is 6.07 Å². The predicted molar refractivity (Wildman–Crippen MR) is 59.3 cm³/mol. The van der Waals surface area contributed by atoms with Crippen LogP contribution < -0.4 is 5.56 Å². The summed E-state index contributed by atoms with van der Waals surface area (Å²) in [5.74, 6) is 0.125. The predicted octanol–water partition coefficient (Wildman–Crippen LogP) is 1.07. The van der Waals surface area contributed by atoms with Crippen LogP contribution in [-0.2, 0) is 0 Å². The van der Waals surface area contributed by atoms with Crippen LogP contribution in [0, 0.1) is 0 Å². The third-order valence-electron chi connectivity index (χ3n) is 2.20. The van der Waals surface area contributed by atoms with Crippen LogP contribution in [0.15, 0.2) is 23.0 Å². The fourth-order valence-corrected chi connectivity index (χ4v) is 1.27. The Morgan fingerprint density at radius 2 is 2.27 bits per heavy atom. The normalized spacial score (nSPS) is 12.2. The Balaban J connectivity index is 2.90. The average Bonchev–Trinajstić information content (AvgIpc) is 2.26. The largest absolute Gasteiger partial charge is 0.337 e. The highest BCUT2D eigenvalue weighted by Crippen LogP contribution is 2.03. The van der Waals surface area contributed by atoms with Crippen LogP contribution in [0.2, 0.25) is 0 Å². The van der Waals surface area contributed by atoms with Crippen molar-refractivity contribution < 1.29 is 4.79 Å².